The SMILES string of the molecule is CCC[CH2][Sn](/[CH]=C/C=C(/C=O)c1ccccc1)([CH2]CCC)[CH2]CCC. The van der Waals surface area contributed by atoms with E-state index >= 15 is 0 Å². The fourth-order valence-corrected chi connectivity index (χ4v) is 17.5. The van der Waals surface area contributed by atoms with Crippen molar-refractivity contribution in [2.75, 3.05) is 0 Å². The van der Waals surface area contributed by atoms with Gasteiger partial charge in [-0.1, -0.05) is 0 Å². The van der Waals surface area contributed by atoms with E-state index in [-0.39, 0.29) is 0 Å². The zero-order valence-electron chi connectivity index (χ0n) is 16.5. The zero-order chi connectivity index (χ0) is 18.4. The van der Waals surface area contributed by atoms with E-state index < -0.39 is 18.4 Å². The Morgan fingerprint density at radius 1 is 0.880 bits per heavy atom. The Kier molecular flexibility index (Phi) is 11.9. The Bertz CT molecular complexity index is 509. The minimum absolute atomic E-state index is 0.790. The summed E-state index contributed by atoms with van der Waals surface area (Å²) >= 11 is -2.24. The quantitative estimate of drug-likeness (QED) is 0.135. The van der Waals surface area contributed by atoms with Crippen LogP contribution >= 0.6 is 0 Å². The third-order valence-corrected chi connectivity index (χ3v) is 19.2. The number of allylic oxidation sites excluding steroid dienone is 3. The van der Waals surface area contributed by atoms with Gasteiger partial charge < -0.3 is 0 Å². The van der Waals surface area contributed by atoms with Crippen LogP contribution in [0.5, 0.6) is 0 Å². The summed E-state index contributed by atoms with van der Waals surface area (Å²) in [7, 11) is 0. The van der Waals surface area contributed by atoms with Crippen LogP contribution in [0.15, 0.2) is 46.6 Å². The first-order chi connectivity index (χ1) is 12.2. The van der Waals surface area contributed by atoms with Gasteiger partial charge in [0.2, 0.25) is 0 Å². The standard InChI is InChI=1S/C11H9O.3C4H9.Sn/c1-2-6-11(9-12)10-7-4-3-5-8-10;3*1-3-4-2;/h1-9H;3*1,3-4H2,2H3;/b2-1?,11-6-;;;;. The summed E-state index contributed by atoms with van der Waals surface area (Å²) in [6.07, 6.45) is 13.3. The molecule has 25 heavy (non-hydrogen) atoms. The van der Waals surface area contributed by atoms with Crippen molar-refractivity contribution < 1.29 is 4.79 Å². The second kappa shape index (κ2) is 13.4. The van der Waals surface area contributed by atoms with Gasteiger partial charge in [-0.05, 0) is 0 Å². The summed E-state index contributed by atoms with van der Waals surface area (Å²) in [6.45, 7) is 6.92. The molecule has 1 aromatic rings. The molecule has 0 atom stereocenters. The molecule has 0 spiro atoms. The molecule has 1 rings (SSSR count). The van der Waals surface area contributed by atoms with Crippen molar-refractivity contribution >= 4 is 30.2 Å². The summed E-state index contributed by atoms with van der Waals surface area (Å²) in [6, 6.07) is 9.99. The van der Waals surface area contributed by atoms with Crippen LogP contribution in [0, 0.1) is 0 Å². The van der Waals surface area contributed by atoms with E-state index in [9.17, 15) is 4.79 Å². The van der Waals surface area contributed by atoms with Gasteiger partial charge in [0.25, 0.3) is 0 Å². The van der Waals surface area contributed by atoms with Crippen LogP contribution in [0.1, 0.15) is 64.9 Å². The number of hydrogen-bond acceptors (Lipinski definition) is 1. The average molecular weight is 447 g/mol. The van der Waals surface area contributed by atoms with E-state index in [2.05, 4.69) is 30.9 Å². The second-order valence-electron chi connectivity index (χ2n) is 7.14. The van der Waals surface area contributed by atoms with Crippen LogP contribution < -0.4 is 0 Å². The van der Waals surface area contributed by atoms with E-state index in [1.54, 1.807) is 0 Å². The van der Waals surface area contributed by atoms with Gasteiger partial charge in [-0.3, -0.25) is 0 Å². The predicted octanol–water partition coefficient (Wildman–Crippen LogP) is 7.21. The van der Waals surface area contributed by atoms with Crippen LogP contribution in [0.3, 0.4) is 0 Å². The summed E-state index contributed by atoms with van der Waals surface area (Å²) < 4.78 is 7.02. The van der Waals surface area contributed by atoms with E-state index in [1.165, 1.54) is 51.8 Å². The first-order valence-corrected chi connectivity index (χ1v) is 17.8. The molecular formula is C23H36OSn. The summed E-state index contributed by atoms with van der Waals surface area (Å²) in [5.41, 5.74) is 1.80. The molecule has 0 bridgehead atoms. The van der Waals surface area contributed by atoms with Gasteiger partial charge in [0.15, 0.2) is 0 Å². The molecule has 0 aliphatic carbocycles. The maximum absolute atomic E-state index is 11.5. The molecule has 1 aromatic carbocycles. The number of unbranched alkanes of at least 4 members (excludes halogenated alkanes) is 3. The molecule has 0 fully saturated rings. The summed E-state index contributed by atoms with van der Waals surface area (Å²) in [4.78, 5) is 11.5. The minimum atomic E-state index is -2.24. The number of hydrogen-bond donors (Lipinski definition) is 0. The Morgan fingerprint density at radius 2 is 1.40 bits per heavy atom. The Balaban J connectivity index is 3.00. The van der Waals surface area contributed by atoms with Crippen LogP contribution in [-0.4, -0.2) is 24.7 Å². The van der Waals surface area contributed by atoms with Gasteiger partial charge >= 0.3 is 160 Å². The molecular weight excluding hydrogens is 411 g/mol. The van der Waals surface area contributed by atoms with E-state index in [0.717, 1.165) is 17.4 Å². The topological polar surface area (TPSA) is 17.1 Å². The molecule has 0 unspecified atom stereocenters. The summed E-state index contributed by atoms with van der Waals surface area (Å²) in [5.74, 6) is 0. The van der Waals surface area contributed by atoms with Crippen molar-refractivity contribution in [3.63, 3.8) is 0 Å². The van der Waals surface area contributed by atoms with Gasteiger partial charge in [0, 0.05) is 0 Å². The van der Waals surface area contributed by atoms with E-state index in [1.807, 2.05) is 36.4 Å². The van der Waals surface area contributed by atoms with Gasteiger partial charge in [-0.25, -0.2) is 0 Å². The molecule has 138 valence electrons. The van der Waals surface area contributed by atoms with E-state index in [0.29, 0.717) is 0 Å². The van der Waals surface area contributed by atoms with Gasteiger partial charge in [-0.2, -0.15) is 0 Å². The fraction of sp³-hybridized carbons (Fsp3) is 0.522. The number of rotatable bonds is 13. The van der Waals surface area contributed by atoms with Crippen molar-refractivity contribution in [2.24, 2.45) is 0 Å². The Labute approximate surface area is 159 Å². The molecule has 0 heterocycles. The Hall–Kier alpha value is -0.831. The van der Waals surface area contributed by atoms with Crippen molar-refractivity contribution in [1.82, 2.24) is 0 Å². The first-order valence-electron chi connectivity index (χ1n) is 10.1. The fourth-order valence-electron chi connectivity index (χ4n) is 3.40. The molecule has 0 saturated heterocycles. The number of aldehydes is 1. The Morgan fingerprint density at radius 3 is 1.84 bits per heavy atom. The third-order valence-electron chi connectivity index (χ3n) is 5.04. The van der Waals surface area contributed by atoms with Crippen LogP contribution in [0.25, 0.3) is 5.57 Å². The molecule has 0 aliphatic heterocycles. The number of carbonyl (C=O) groups excluding carboxylic acids is 1. The normalized spacial score (nSPS) is 12.7. The van der Waals surface area contributed by atoms with E-state index in [4.69, 9.17) is 0 Å². The van der Waals surface area contributed by atoms with Crippen molar-refractivity contribution in [1.29, 1.82) is 0 Å². The number of carbonyl (C=O) groups is 1. The van der Waals surface area contributed by atoms with Crippen LogP contribution in [0.2, 0.25) is 13.3 Å². The van der Waals surface area contributed by atoms with Crippen LogP contribution in [-0.2, 0) is 4.79 Å². The van der Waals surface area contributed by atoms with Crippen molar-refractivity contribution in [3.05, 3.63) is 52.1 Å². The number of benzene rings is 1. The second-order valence-corrected chi connectivity index (χ2v) is 20.1. The van der Waals surface area contributed by atoms with Gasteiger partial charge in [0.05, 0.1) is 0 Å². The molecule has 0 amide bonds. The maximum atomic E-state index is 11.5. The molecule has 0 saturated carbocycles. The first kappa shape index (κ1) is 22.2. The third kappa shape index (κ3) is 8.39. The van der Waals surface area contributed by atoms with Crippen LogP contribution in [0.4, 0.5) is 0 Å². The monoisotopic (exact) mass is 448 g/mol. The average Bonchev–Trinajstić information content (AvgIpc) is 2.66. The molecule has 0 radical (unpaired) electrons. The molecule has 0 N–H and O–H groups in total. The molecule has 2 heteroatoms. The van der Waals surface area contributed by atoms with Gasteiger partial charge in [-0.15, -0.1) is 0 Å². The zero-order valence-corrected chi connectivity index (χ0v) is 19.3. The van der Waals surface area contributed by atoms with Gasteiger partial charge in [0.1, 0.15) is 0 Å². The van der Waals surface area contributed by atoms with Crippen molar-refractivity contribution in [2.45, 2.75) is 72.6 Å². The molecule has 0 aromatic heterocycles. The van der Waals surface area contributed by atoms with Crippen molar-refractivity contribution in [3.8, 4) is 0 Å². The predicted molar refractivity (Wildman–Crippen MR) is 115 cm³/mol. The summed E-state index contributed by atoms with van der Waals surface area (Å²) in [5, 5.41) is 0. The molecule has 1 nitrogen and oxygen atoms in total. The molecule has 0 aliphatic rings.